The Kier molecular flexibility index (Phi) is 43.4. The van der Waals surface area contributed by atoms with E-state index in [0.29, 0.717) is 23.9 Å². The van der Waals surface area contributed by atoms with Gasteiger partial charge in [-0.25, -0.2) is 4.57 Å². The number of likely N-dealkylation sites (N-methyl/N-ethyl adjacent to an activating group) is 1. The summed E-state index contributed by atoms with van der Waals surface area (Å²) in [5.41, 5.74) is 0. The molecule has 0 saturated heterocycles. The molecule has 360 valence electrons. The van der Waals surface area contributed by atoms with Crippen molar-refractivity contribution in [3.8, 4) is 0 Å². The maximum Gasteiger partial charge on any atom is 0.472 e. The molecule has 0 spiro atoms. The lowest BCUT2D eigenvalue weighted by molar-refractivity contribution is -0.870. The van der Waals surface area contributed by atoms with E-state index in [1.807, 2.05) is 21.1 Å². The summed E-state index contributed by atoms with van der Waals surface area (Å²) in [6.07, 6.45) is 50.2. The molecular weight excluding hydrogens is 768 g/mol. The molecule has 0 heterocycles. The van der Waals surface area contributed by atoms with Crippen LogP contribution in [-0.4, -0.2) is 73.4 Å². The van der Waals surface area contributed by atoms with E-state index in [1.54, 1.807) is 0 Å². The Morgan fingerprint density at radius 1 is 0.500 bits per heavy atom. The molecule has 0 aliphatic rings. The van der Waals surface area contributed by atoms with Gasteiger partial charge < -0.3 is 19.8 Å². The summed E-state index contributed by atoms with van der Waals surface area (Å²) in [5, 5.41) is 14.0. The van der Waals surface area contributed by atoms with Crippen LogP contribution in [0.2, 0.25) is 0 Å². The zero-order chi connectivity index (χ0) is 44.3. The van der Waals surface area contributed by atoms with Crippen LogP contribution in [0.3, 0.4) is 0 Å². The van der Waals surface area contributed by atoms with Gasteiger partial charge in [-0.15, -0.1) is 0 Å². The number of aliphatic hydroxyl groups excluding tert-OH is 1. The van der Waals surface area contributed by atoms with Crippen molar-refractivity contribution in [1.29, 1.82) is 0 Å². The molecule has 0 radical (unpaired) electrons. The van der Waals surface area contributed by atoms with E-state index in [9.17, 15) is 19.4 Å². The molecule has 9 heteroatoms. The molecule has 0 rings (SSSR count). The predicted molar refractivity (Wildman–Crippen MR) is 259 cm³/mol. The fraction of sp³-hybridized carbons (Fsp3) is 0.980. The van der Waals surface area contributed by atoms with Crippen molar-refractivity contribution >= 4 is 13.7 Å². The molecule has 0 bridgehead atoms. The van der Waals surface area contributed by atoms with E-state index in [4.69, 9.17) is 9.05 Å². The van der Waals surface area contributed by atoms with E-state index in [1.165, 1.54) is 205 Å². The third kappa shape index (κ3) is 45.5. The lowest BCUT2D eigenvalue weighted by atomic mass is 10.0. The van der Waals surface area contributed by atoms with E-state index >= 15 is 0 Å². The fourth-order valence-electron chi connectivity index (χ4n) is 8.17. The van der Waals surface area contributed by atoms with Crippen LogP contribution in [0, 0.1) is 0 Å². The first-order valence-corrected chi connectivity index (χ1v) is 27.9. The standard InChI is InChI=1S/C51H105N2O6P/c1-6-8-10-12-14-16-18-19-20-21-22-23-24-25-26-27-28-29-30-31-32-33-35-37-39-41-43-45-51(55)52-49(48-59-60(56,57)58-47-46-53(3,4)5)50(54)44-42-40-38-36-34-17-15-13-11-9-7-2/h49-50,54H,6-48H2,1-5H3,(H-,52,55,56,57)/p+1/t49-,50+/m0/s1. The summed E-state index contributed by atoms with van der Waals surface area (Å²) in [6, 6.07) is -0.753. The largest absolute Gasteiger partial charge is 0.472 e. The number of nitrogens with zero attached hydrogens (tertiary/aromatic N) is 1. The monoisotopic (exact) mass is 874 g/mol. The van der Waals surface area contributed by atoms with Gasteiger partial charge >= 0.3 is 7.82 Å². The molecule has 0 aromatic carbocycles. The average Bonchev–Trinajstić information content (AvgIpc) is 3.20. The van der Waals surface area contributed by atoms with Crippen LogP contribution in [0.4, 0.5) is 0 Å². The molecule has 0 aromatic rings. The Balaban J connectivity index is 4.02. The van der Waals surface area contributed by atoms with Gasteiger partial charge in [0.25, 0.3) is 0 Å². The highest BCUT2D eigenvalue weighted by molar-refractivity contribution is 7.47. The summed E-state index contributed by atoms with van der Waals surface area (Å²) >= 11 is 0. The van der Waals surface area contributed by atoms with Gasteiger partial charge in [-0.2, -0.15) is 0 Å². The SMILES string of the molecule is CCCCCCCCCCCCCCCCCCCCCCCCCCCCCC(=O)N[C@@H](COP(=O)(O)OCC[N+](C)(C)C)[C@H](O)CCCCCCCCCCCCC. The van der Waals surface area contributed by atoms with E-state index in [-0.39, 0.29) is 19.1 Å². The quantitative estimate of drug-likeness (QED) is 0.0319. The third-order valence-electron chi connectivity index (χ3n) is 12.4. The number of phosphoric acid groups is 1. The maximum absolute atomic E-state index is 12.9. The number of carbonyl (C=O) groups excluding carboxylic acids is 1. The van der Waals surface area contributed by atoms with Crippen LogP contribution < -0.4 is 5.32 Å². The second kappa shape index (κ2) is 43.7. The van der Waals surface area contributed by atoms with Crippen LogP contribution in [0.1, 0.15) is 271 Å². The lowest BCUT2D eigenvalue weighted by Crippen LogP contribution is -2.46. The number of hydrogen-bond acceptors (Lipinski definition) is 5. The number of aliphatic hydroxyl groups is 1. The Morgan fingerprint density at radius 2 is 0.800 bits per heavy atom. The highest BCUT2D eigenvalue weighted by atomic mass is 31.2. The topological polar surface area (TPSA) is 105 Å². The summed E-state index contributed by atoms with van der Waals surface area (Å²) < 4.78 is 23.7. The Hall–Kier alpha value is -0.500. The van der Waals surface area contributed by atoms with Crippen molar-refractivity contribution in [1.82, 2.24) is 5.32 Å². The average molecular weight is 874 g/mol. The number of quaternary nitrogens is 1. The van der Waals surface area contributed by atoms with Crippen LogP contribution in [-0.2, 0) is 18.4 Å². The normalized spacial score (nSPS) is 14.1. The van der Waals surface area contributed by atoms with Gasteiger partial charge in [-0.3, -0.25) is 13.8 Å². The van der Waals surface area contributed by atoms with Crippen LogP contribution in [0.5, 0.6) is 0 Å². The second-order valence-electron chi connectivity index (χ2n) is 19.6. The molecule has 8 nitrogen and oxygen atoms in total. The minimum atomic E-state index is -4.31. The van der Waals surface area contributed by atoms with Crippen molar-refractivity contribution in [3.05, 3.63) is 0 Å². The Bertz CT molecular complexity index is 947. The smallest absolute Gasteiger partial charge is 0.391 e. The van der Waals surface area contributed by atoms with Crippen molar-refractivity contribution in [2.75, 3.05) is 40.9 Å². The first-order chi connectivity index (χ1) is 29.0. The van der Waals surface area contributed by atoms with Gasteiger partial charge in [0.2, 0.25) is 5.91 Å². The first-order valence-electron chi connectivity index (χ1n) is 26.4. The van der Waals surface area contributed by atoms with Crippen molar-refractivity contribution in [2.45, 2.75) is 283 Å². The van der Waals surface area contributed by atoms with E-state index < -0.39 is 20.0 Å². The summed E-state index contributed by atoms with van der Waals surface area (Å²) in [4.78, 5) is 23.2. The van der Waals surface area contributed by atoms with Gasteiger partial charge in [0.15, 0.2) is 0 Å². The van der Waals surface area contributed by atoms with E-state index in [0.717, 1.165) is 38.5 Å². The minimum absolute atomic E-state index is 0.0786. The zero-order valence-corrected chi connectivity index (χ0v) is 41.9. The number of amides is 1. The summed E-state index contributed by atoms with van der Waals surface area (Å²) in [6.45, 7) is 4.91. The molecule has 1 unspecified atom stereocenters. The summed E-state index contributed by atoms with van der Waals surface area (Å²) in [5.74, 6) is -0.139. The van der Waals surface area contributed by atoms with E-state index in [2.05, 4.69) is 19.2 Å². The number of nitrogens with one attached hydrogen (secondary N) is 1. The number of carbonyl (C=O) groups is 1. The molecule has 60 heavy (non-hydrogen) atoms. The minimum Gasteiger partial charge on any atom is -0.391 e. The zero-order valence-electron chi connectivity index (χ0n) is 41.0. The fourth-order valence-corrected chi connectivity index (χ4v) is 8.90. The van der Waals surface area contributed by atoms with Crippen molar-refractivity contribution in [2.24, 2.45) is 0 Å². The highest BCUT2D eigenvalue weighted by Gasteiger charge is 2.28. The lowest BCUT2D eigenvalue weighted by Gasteiger charge is -2.26. The number of phosphoric ester groups is 1. The van der Waals surface area contributed by atoms with Crippen LogP contribution >= 0.6 is 7.82 Å². The highest BCUT2D eigenvalue weighted by Crippen LogP contribution is 2.43. The molecule has 1 amide bonds. The molecule has 0 aromatic heterocycles. The van der Waals surface area contributed by atoms with Gasteiger partial charge in [-0.1, -0.05) is 251 Å². The second-order valence-corrected chi connectivity index (χ2v) is 21.1. The predicted octanol–water partition coefficient (Wildman–Crippen LogP) is 15.3. The van der Waals surface area contributed by atoms with Crippen molar-refractivity contribution in [3.63, 3.8) is 0 Å². The molecule has 0 aliphatic carbocycles. The third-order valence-corrected chi connectivity index (χ3v) is 13.3. The van der Waals surface area contributed by atoms with Crippen molar-refractivity contribution < 1.29 is 32.9 Å². The van der Waals surface area contributed by atoms with Gasteiger partial charge in [0, 0.05) is 6.42 Å². The van der Waals surface area contributed by atoms with Crippen LogP contribution in [0.15, 0.2) is 0 Å². The number of unbranched alkanes of at least 4 members (excludes halogenated alkanes) is 36. The molecule has 3 atom stereocenters. The molecule has 0 fully saturated rings. The number of hydrogen-bond donors (Lipinski definition) is 3. The molecule has 0 aliphatic heterocycles. The Morgan fingerprint density at radius 3 is 1.12 bits per heavy atom. The van der Waals surface area contributed by atoms with Crippen LogP contribution in [0.25, 0.3) is 0 Å². The number of rotatable bonds is 49. The maximum atomic E-state index is 12.9. The van der Waals surface area contributed by atoms with Gasteiger partial charge in [-0.05, 0) is 12.8 Å². The summed E-state index contributed by atoms with van der Waals surface area (Å²) in [7, 11) is 1.63. The Labute approximate surface area is 374 Å². The first kappa shape index (κ1) is 59.5. The molecular formula is C51H106N2O6P+. The molecule has 3 N–H and O–H groups in total. The van der Waals surface area contributed by atoms with Gasteiger partial charge in [0.05, 0.1) is 39.9 Å². The van der Waals surface area contributed by atoms with Gasteiger partial charge in [0.1, 0.15) is 13.2 Å². The molecule has 0 saturated carbocycles.